The number of amides is 2. The Morgan fingerprint density at radius 2 is 2.23 bits per heavy atom. The SMILES string of the molecule is CCC(C)(CN)NC(=O)NC1CC1. The molecule has 1 rings (SSSR count). The van der Waals surface area contributed by atoms with Crippen molar-refractivity contribution in [2.75, 3.05) is 6.54 Å². The molecule has 0 aliphatic heterocycles. The quantitative estimate of drug-likeness (QED) is 0.599. The van der Waals surface area contributed by atoms with Gasteiger partial charge in [-0.15, -0.1) is 0 Å². The molecule has 1 unspecified atom stereocenters. The molecule has 1 aliphatic rings. The average molecular weight is 185 g/mol. The monoisotopic (exact) mass is 185 g/mol. The second kappa shape index (κ2) is 3.96. The highest BCUT2D eigenvalue weighted by Crippen LogP contribution is 2.18. The third kappa shape index (κ3) is 3.22. The van der Waals surface area contributed by atoms with Gasteiger partial charge in [0.15, 0.2) is 0 Å². The largest absolute Gasteiger partial charge is 0.335 e. The van der Waals surface area contributed by atoms with Gasteiger partial charge in [0.25, 0.3) is 0 Å². The Kier molecular flexibility index (Phi) is 3.14. The Hall–Kier alpha value is -0.770. The highest BCUT2D eigenvalue weighted by atomic mass is 16.2. The van der Waals surface area contributed by atoms with Crippen LogP contribution in [-0.4, -0.2) is 24.2 Å². The van der Waals surface area contributed by atoms with Gasteiger partial charge in [-0.1, -0.05) is 6.92 Å². The first-order valence-corrected chi connectivity index (χ1v) is 4.88. The summed E-state index contributed by atoms with van der Waals surface area (Å²) in [6.07, 6.45) is 3.07. The minimum absolute atomic E-state index is 0.0858. The van der Waals surface area contributed by atoms with Crippen molar-refractivity contribution in [2.24, 2.45) is 5.73 Å². The predicted octanol–water partition coefficient (Wildman–Crippen LogP) is 0.575. The van der Waals surface area contributed by atoms with Crippen LogP contribution < -0.4 is 16.4 Å². The van der Waals surface area contributed by atoms with Crippen LogP contribution in [0.4, 0.5) is 4.79 Å². The molecule has 1 fully saturated rings. The summed E-state index contributed by atoms with van der Waals surface area (Å²) < 4.78 is 0. The molecule has 1 atom stereocenters. The fraction of sp³-hybridized carbons (Fsp3) is 0.889. The highest BCUT2D eigenvalue weighted by molar-refractivity contribution is 5.75. The van der Waals surface area contributed by atoms with Crippen LogP contribution in [0.15, 0.2) is 0 Å². The number of carbonyl (C=O) groups excluding carboxylic acids is 1. The molecule has 4 heteroatoms. The maximum absolute atomic E-state index is 11.3. The lowest BCUT2D eigenvalue weighted by atomic mass is 10.00. The van der Waals surface area contributed by atoms with E-state index in [1.807, 2.05) is 13.8 Å². The number of carbonyl (C=O) groups is 1. The lowest BCUT2D eigenvalue weighted by molar-refractivity contribution is 0.226. The van der Waals surface area contributed by atoms with Crippen LogP contribution in [0.1, 0.15) is 33.1 Å². The normalized spacial score (nSPS) is 20.5. The molecule has 1 saturated carbocycles. The highest BCUT2D eigenvalue weighted by Gasteiger charge is 2.27. The number of nitrogens with one attached hydrogen (secondary N) is 2. The molecule has 2 amide bonds. The van der Waals surface area contributed by atoms with E-state index < -0.39 is 0 Å². The van der Waals surface area contributed by atoms with Gasteiger partial charge < -0.3 is 16.4 Å². The predicted molar refractivity (Wildman–Crippen MR) is 52.4 cm³/mol. The number of urea groups is 1. The van der Waals surface area contributed by atoms with E-state index in [1.165, 1.54) is 0 Å². The minimum Gasteiger partial charge on any atom is -0.335 e. The van der Waals surface area contributed by atoms with Crippen molar-refractivity contribution < 1.29 is 4.79 Å². The minimum atomic E-state index is -0.265. The number of nitrogens with two attached hydrogens (primary N) is 1. The Bertz CT molecular complexity index is 185. The molecule has 0 heterocycles. The van der Waals surface area contributed by atoms with Crippen LogP contribution in [0.3, 0.4) is 0 Å². The molecule has 0 spiro atoms. The van der Waals surface area contributed by atoms with Crippen molar-refractivity contribution in [3.8, 4) is 0 Å². The van der Waals surface area contributed by atoms with Crippen LogP contribution >= 0.6 is 0 Å². The van der Waals surface area contributed by atoms with Gasteiger partial charge in [0, 0.05) is 12.6 Å². The fourth-order valence-corrected chi connectivity index (χ4v) is 1.01. The van der Waals surface area contributed by atoms with Gasteiger partial charge in [0.05, 0.1) is 5.54 Å². The molecule has 76 valence electrons. The lowest BCUT2D eigenvalue weighted by Crippen LogP contribution is -2.54. The summed E-state index contributed by atoms with van der Waals surface area (Å²) in [5.41, 5.74) is 5.30. The van der Waals surface area contributed by atoms with E-state index in [4.69, 9.17) is 5.73 Å². The molecular formula is C9H19N3O. The van der Waals surface area contributed by atoms with Crippen molar-refractivity contribution in [1.82, 2.24) is 10.6 Å². The van der Waals surface area contributed by atoms with Gasteiger partial charge in [0.1, 0.15) is 0 Å². The standard InChI is InChI=1S/C9H19N3O/c1-3-9(2,6-10)12-8(13)11-7-4-5-7/h7H,3-6,10H2,1-2H3,(H2,11,12,13). The third-order valence-corrected chi connectivity index (χ3v) is 2.56. The van der Waals surface area contributed by atoms with E-state index in [2.05, 4.69) is 10.6 Å². The Morgan fingerprint density at radius 3 is 2.62 bits per heavy atom. The summed E-state index contributed by atoms with van der Waals surface area (Å²) in [4.78, 5) is 11.3. The van der Waals surface area contributed by atoms with Gasteiger partial charge in [0.2, 0.25) is 0 Å². The summed E-state index contributed by atoms with van der Waals surface area (Å²) in [6.45, 7) is 4.45. The zero-order valence-corrected chi connectivity index (χ0v) is 8.39. The van der Waals surface area contributed by atoms with Crippen molar-refractivity contribution in [3.05, 3.63) is 0 Å². The van der Waals surface area contributed by atoms with Gasteiger partial charge in [-0.05, 0) is 26.2 Å². The Morgan fingerprint density at radius 1 is 1.62 bits per heavy atom. The molecule has 13 heavy (non-hydrogen) atoms. The second-order valence-corrected chi connectivity index (χ2v) is 3.99. The first-order chi connectivity index (χ1) is 6.09. The molecular weight excluding hydrogens is 166 g/mol. The van der Waals surface area contributed by atoms with Gasteiger partial charge in [-0.3, -0.25) is 0 Å². The maximum Gasteiger partial charge on any atom is 0.315 e. The van der Waals surface area contributed by atoms with E-state index in [-0.39, 0.29) is 11.6 Å². The molecule has 0 aromatic carbocycles. The van der Waals surface area contributed by atoms with E-state index in [0.29, 0.717) is 12.6 Å². The summed E-state index contributed by atoms with van der Waals surface area (Å²) in [6, 6.07) is 0.316. The van der Waals surface area contributed by atoms with Crippen LogP contribution in [0.25, 0.3) is 0 Å². The zero-order valence-electron chi connectivity index (χ0n) is 8.39. The van der Waals surface area contributed by atoms with Crippen LogP contribution in [0, 0.1) is 0 Å². The molecule has 0 aromatic rings. The molecule has 0 bridgehead atoms. The zero-order chi connectivity index (χ0) is 9.90. The van der Waals surface area contributed by atoms with Crippen molar-refractivity contribution in [3.63, 3.8) is 0 Å². The molecule has 0 saturated heterocycles. The van der Waals surface area contributed by atoms with E-state index >= 15 is 0 Å². The molecule has 4 nitrogen and oxygen atoms in total. The third-order valence-electron chi connectivity index (χ3n) is 2.56. The molecule has 1 aliphatic carbocycles. The summed E-state index contributed by atoms with van der Waals surface area (Å²) in [5, 5.41) is 5.76. The maximum atomic E-state index is 11.3. The first-order valence-electron chi connectivity index (χ1n) is 4.88. The topological polar surface area (TPSA) is 67.1 Å². The lowest BCUT2D eigenvalue weighted by Gasteiger charge is -2.27. The van der Waals surface area contributed by atoms with Crippen LogP contribution in [0.2, 0.25) is 0 Å². The average Bonchev–Trinajstić information content (AvgIpc) is 2.88. The molecule has 0 radical (unpaired) electrons. The van der Waals surface area contributed by atoms with Crippen molar-refractivity contribution >= 4 is 6.03 Å². The van der Waals surface area contributed by atoms with Gasteiger partial charge in [-0.25, -0.2) is 4.79 Å². The van der Waals surface area contributed by atoms with Crippen LogP contribution in [-0.2, 0) is 0 Å². The number of hydrogen-bond acceptors (Lipinski definition) is 2. The molecule has 4 N–H and O–H groups in total. The Labute approximate surface area is 79.3 Å². The summed E-state index contributed by atoms with van der Waals surface area (Å²) in [7, 11) is 0. The van der Waals surface area contributed by atoms with Crippen molar-refractivity contribution in [1.29, 1.82) is 0 Å². The summed E-state index contributed by atoms with van der Waals surface area (Å²) in [5.74, 6) is 0. The number of rotatable bonds is 4. The first kappa shape index (κ1) is 10.3. The van der Waals surface area contributed by atoms with Gasteiger partial charge in [-0.2, -0.15) is 0 Å². The van der Waals surface area contributed by atoms with E-state index in [1.54, 1.807) is 0 Å². The summed E-state index contributed by atoms with van der Waals surface area (Å²) >= 11 is 0. The smallest absolute Gasteiger partial charge is 0.315 e. The van der Waals surface area contributed by atoms with E-state index in [9.17, 15) is 4.79 Å². The fourth-order valence-electron chi connectivity index (χ4n) is 1.01. The van der Waals surface area contributed by atoms with E-state index in [0.717, 1.165) is 19.3 Å². The van der Waals surface area contributed by atoms with Crippen LogP contribution in [0.5, 0.6) is 0 Å². The van der Waals surface area contributed by atoms with Gasteiger partial charge >= 0.3 is 6.03 Å². The molecule has 0 aromatic heterocycles. The second-order valence-electron chi connectivity index (χ2n) is 3.99. The Balaban J connectivity index is 2.31. The van der Waals surface area contributed by atoms with Crippen molar-refractivity contribution in [2.45, 2.75) is 44.7 Å². The number of hydrogen-bond donors (Lipinski definition) is 3.